The monoisotopic (exact) mass is 562 g/mol. The van der Waals surface area contributed by atoms with E-state index in [0.717, 1.165) is 5.56 Å². The van der Waals surface area contributed by atoms with Gasteiger partial charge in [-0.3, -0.25) is 9.59 Å². The van der Waals surface area contributed by atoms with Gasteiger partial charge in [-0.05, 0) is 54.6 Å². The van der Waals surface area contributed by atoms with Crippen molar-refractivity contribution in [2.24, 2.45) is 0 Å². The average molecular weight is 563 g/mol. The van der Waals surface area contributed by atoms with Gasteiger partial charge in [-0.25, -0.2) is 9.97 Å². The predicted molar refractivity (Wildman–Crippen MR) is 151 cm³/mol. The topological polar surface area (TPSA) is 133 Å². The van der Waals surface area contributed by atoms with Crippen molar-refractivity contribution in [3.63, 3.8) is 0 Å². The Morgan fingerprint density at radius 2 is 1.70 bits per heavy atom. The zero-order valence-electron chi connectivity index (χ0n) is 22.0. The van der Waals surface area contributed by atoms with Crippen LogP contribution in [0, 0.1) is 0 Å². The first-order valence-electron chi connectivity index (χ1n) is 12.5. The molecule has 0 unspecified atom stereocenters. The molecule has 0 atom stereocenters. The lowest BCUT2D eigenvalue weighted by atomic mass is 10.1. The van der Waals surface area contributed by atoms with Gasteiger partial charge in [0.25, 0.3) is 5.91 Å². The Balaban J connectivity index is 1.33. The van der Waals surface area contributed by atoms with Gasteiger partial charge in [0.15, 0.2) is 23.9 Å². The molecule has 11 nitrogen and oxygen atoms in total. The van der Waals surface area contributed by atoms with E-state index in [1.165, 1.54) is 14.0 Å². The van der Waals surface area contributed by atoms with Crippen LogP contribution in [0.15, 0.2) is 54.6 Å². The van der Waals surface area contributed by atoms with E-state index in [9.17, 15) is 9.59 Å². The number of carbonyl (C=O) groups excluding carboxylic acids is 2. The molecule has 1 aliphatic heterocycles. The Morgan fingerprint density at radius 1 is 0.950 bits per heavy atom. The number of fused-ring (bicyclic) bond motifs is 1. The Bertz CT molecular complexity index is 1560. The van der Waals surface area contributed by atoms with Crippen molar-refractivity contribution in [1.29, 1.82) is 0 Å². The number of amides is 1. The third kappa shape index (κ3) is 5.99. The molecule has 1 fully saturated rings. The second-order valence-electron chi connectivity index (χ2n) is 9.04. The first kappa shape index (κ1) is 26.9. The molecule has 0 spiro atoms. The zero-order valence-corrected chi connectivity index (χ0v) is 22.7. The van der Waals surface area contributed by atoms with Crippen molar-refractivity contribution in [1.82, 2.24) is 19.9 Å². The number of nitrogen functional groups attached to an aromatic ring is 1. The maximum atomic E-state index is 12.7. The van der Waals surface area contributed by atoms with Gasteiger partial charge in [0.05, 0.1) is 18.3 Å². The third-order valence-corrected chi connectivity index (χ3v) is 6.61. The van der Waals surface area contributed by atoms with Crippen LogP contribution in [0.25, 0.3) is 22.3 Å². The number of rotatable bonds is 7. The van der Waals surface area contributed by atoms with Crippen LogP contribution in [0.4, 0.5) is 11.8 Å². The summed E-state index contributed by atoms with van der Waals surface area (Å²) >= 11 is 5.90. The minimum absolute atomic E-state index is 0.0599. The van der Waals surface area contributed by atoms with E-state index in [0.29, 0.717) is 71.0 Å². The molecule has 0 aliphatic carbocycles. The lowest BCUT2D eigenvalue weighted by Crippen LogP contribution is -2.50. The van der Waals surface area contributed by atoms with Crippen LogP contribution in [0.5, 0.6) is 17.2 Å². The molecule has 1 amide bonds. The number of hydrogen-bond donors (Lipinski definition) is 1. The molecule has 4 aromatic rings. The number of piperazine rings is 1. The lowest BCUT2D eigenvalue weighted by Gasteiger charge is -2.35. The summed E-state index contributed by atoms with van der Waals surface area (Å²) in [6, 6.07) is 15.7. The summed E-state index contributed by atoms with van der Waals surface area (Å²) in [5, 5.41) is 0.603. The maximum absolute atomic E-state index is 12.7. The molecule has 206 valence electrons. The number of nitrogens with zero attached hydrogens (tertiary/aromatic N) is 5. The van der Waals surface area contributed by atoms with Crippen molar-refractivity contribution in [3.8, 4) is 28.5 Å². The Hall–Kier alpha value is -4.64. The molecule has 40 heavy (non-hydrogen) atoms. The zero-order chi connectivity index (χ0) is 28.2. The van der Waals surface area contributed by atoms with E-state index in [2.05, 4.69) is 9.97 Å². The molecule has 3 heterocycles. The number of nitrogens with two attached hydrogens (primary N) is 1. The smallest absolute Gasteiger partial charge is 0.308 e. The van der Waals surface area contributed by atoms with E-state index >= 15 is 0 Å². The van der Waals surface area contributed by atoms with Crippen molar-refractivity contribution >= 4 is 46.3 Å². The number of benzene rings is 2. The van der Waals surface area contributed by atoms with E-state index in [-0.39, 0.29) is 18.5 Å². The molecule has 0 bridgehead atoms. The molecule has 0 saturated carbocycles. The highest BCUT2D eigenvalue weighted by Crippen LogP contribution is 2.34. The van der Waals surface area contributed by atoms with Crippen molar-refractivity contribution in [2.75, 3.05) is 50.5 Å². The summed E-state index contributed by atoms with van der Waals surface area (Å²) in [6.07, 6.45) is 0. The standard InChI is InChI=1S/C28H27ClN6O5/c1-17(36)40-23-10-3-18(15-24(23)38-2)21-8-9-22-26(31-21)27(33-28(30)32-22)35-13-11-34(12-14-35)25(37)16-39-20-6-4-19(29)5-7-20/h3-10,15H,11-14,16H2,1-2H3,(H2,30,32,33). The van der Waals surface area contributed by atoms with Crippen molar-refractivity contribution in [3.05, 3.63) is 59.6 Å². The number of carbonyl (C=O) groups is 2. The summed E-state index contributed by atoms with van der Waals surface area (Å²) in [4.78, 5) is 41.7. The summed E-state index contributed by atoms with van der Waals surface area (Å²) in [5.41, 5.74) is 8.63. The molecule has 0 radical (unpaired) electrons. The van der Waals surface area contributed by atoms with Crippen LogP contribution in [0.3, 0.4) is 0 Å². The van der Waals surface area contributed by atoms with Crippen LogP contribution in [0.1, 0.15) is 6.92 Å². The number of esters is 1. The molecule has 2 N–H and O–H groups in total. The van der Waals surface area contributed by atoms with E-state index in [4.69, 9.17) is 36.5 Å². The first-order chi connectivity index (χ1) is 19.3. The second kappa shape index (κ2) is 11.6. The number of hydrogen-bond acceptors (Lipinski definition) is 10. The summed E-state index contributed by atoms with van der Waals surface area (Å²) in [6.45, 7) is 3.32. The van der Waals surface area contributed by atoms with Crippen LogP contribution >= 0.6 is 11.6 Å². The number of ether oxygens (including phenoxy) is 3. The molecular weight excluding hydrogens is 536 g/mol. The van der Waals surface area contributed by atoms with E-state index in [1.807, 2.05) is 17.0 Å². The fraction of sp³-hybridized carbons (Fsp3) is 0.250. The van der Waals surface area contributed by atoms with Gasteiger partial charge in [-0.2, -0.15) is 4.98 Å². The summed E-state index contributed by atoms with van der Waals surface area (Å²) in [7, 11) is 1.50. The third-order valence-electron chi connectivity index (χ3n) is 6.36. The van der Waals surface area contributed by atoms with Crippen LogP contribution in [0.2, 0.25) is 5.02 Å². The van der Waals surface area contributed by atoms with Crippen LogP contribution < -0.4 is 24.8 Å². The largest absolute Gasteiger partial charge is 0.493 e. The molecule has 2 aromatic carbocycles. The SMILES string of the molecule is COc1cc(-c2ccc3nc(N)nc(N4CCN(C(=O)COc5ccc(Cl)cc5)CC4)c3n2)ccc1OC(C)=O. The van der Waals surface area contributed by atoms with E-state index < -0.39 is 5.97 Å². The first-order valence-corrected chi connectivity index (χ1v) is 12.9. The Kier molecular flexibility index (Phi) is 7.83. The molecule has 12 heteroatoms. The highest BCUT2D eigenvalue weighted by molar-refractivity contribution is 6.30. The van der Waals surface area contributed by atoms with Gasteiger partial charge < -0.3 is 29.7 Å². The van der Waals surface area contributed by atoms with Gasteiger partial charge in [-0.1, -0.05) is 11.6 Å². The number of anilines is 2. The Morgan fingerprint density at radius 3 is 2.40 bits per heavy atom. The Labute approximate surface area is 235 Å². The number of aromatic nitrogens is 3. The highest BCUT2D eigenvalue weighted by atomic mass is 35.5. The molecule has 1 saturated heterocycles. The van der Waals surface area contributed by atoms with Gasteiger partial charge in [0.1, 0.15) is 11.3 Å². The van der Waals surface area contributed by atoms with Gasteiger partial charge in [0.2, 0.25) is 5.95 Å². The second-order valence-corrected chi connectivity index (χ2v) is 9.48. The maximum Gasteiger partial charge on any atom is 0.308 e. The summed E-state index contributed by atoms with van der Waals surface area (Å²) < 4.78 is 16.2. The van der Waals surface area contributed by atoms with Gasteiger partial charge in [0, 0.05) is 43.7 Å². The normalized spacial score (nSPS) is 13.3. The van der Waals surface area contributed by atoms with E-state index in [1.54, 1.807) is 47.4 Å². The number of methoxy groups -OCH3 is 1. The van der Waals surface area contributed by atoms with Crippen LogP contribution in [-0.2, 0) is 9.59 Å². The quantitative estimate of drug-likeness (QED) is 0.263. The number of halogens is 1. The minimum atomic E-state index is -0.440. The van der Waals surface area contributed by atoms with Gasteiger partial charge >= 0.3 is 5.97 Å². The van der Waals surface area contributed by atoms with Crippen molar-refractivity contribution < 1.29 is 23.8 Å². The predicted octanol–water partition coefficient (Wildman–Crippen LogP) is 3.59. The van der Waals surface area contributed by atoms with Crippen LogP contribution in [-0.4, -0.2) is 71.6 Å². The summed E-state index contributed by atoms with van der Waals surface area (Å²) in [5.74, 6) is 1.50. The molecule has 1 aliphatic rings. The number of pyridine rings is 1. The molecular formula is C28H27ClN6O5. The fourth-order valence-corrected chi connectivity index (χ4v) is 4.52. The highest BCUT2D eigenvalue weighted by Gasteiger charge is 2.25. The van der Waals surface area contributed by atoms with Crippen molar-refractivity contribution in [2.45, 2.75) is 6.92 Å². The molecule has 2 aromatic heterocycles. The van der Waals surface area contributed by atoms with Gasteiger partial charge in [-0.15, -0.1) is 0 Å². The molecule has 5 rings (SSSR count). The fourth-order valence-electron chi connectivity index (χ4n) is 4.40. The minimum Gasteiger partial charge on any atom is -0.493 e. The lowest BCUT2D eigenvalue weighted by molar-refractivity contribution is -0.134. The average Bonchev–Trinajstić information content (AvgIpc) is 2.96.